The van der Waals surface area contributed by atoms with E-state index in [2.05, 4.69) is 23.0 Å². The van der Waals surface area contributed by atoms with Crippen LogP contribution in [0.2, 0.25) is 5.15 Å². The Bertz CT molecular complexity index is 951. The molecule has 3 heterocycles. The average molecular weight is 356 g/mol. The fourth-order valence-corrected chi connectivity index (χ4v) is 3.56. The fourth-order valence-electron chi connectivity index (χ4n) is 3.24. The minimum absolute atomic E-state index is 0.0114. The summed E-state index contributed by atoms with van der Waals surface area (Å²) in [4.78, 5) is 21.5. The second-order valence-electron chi connectivity index (χ2n) is 6.04. The predicted molar refractivity (Wildman–Crippen MR) is 99.1 cm³/mol. The quantitative estimate of drug-likeness (QED) is 0.777. The van der Waals surface area contributed by atoms with Gasteiger partial charge in [0.25, 0.3) is 5.91 Å². The van der Waals surface area contributed by atoms with E-state index in [1.165, 1.54) is 0 Å². The zero-order valence-electron chi connectivity index (χ0n) is 13.9. The van der Waals surface area contributed by atoms with Crippen molar-refractivity contribution in [1.29, 1.82) is 0 Å². The van der Waals surface area contributed by atoms with E-state index in [-0.39, 0.29) is 12.5 Å². The summed E-state index contributed by atoms with van der Waals surface area (Å²) in [5.41, 5.74) is 4.77. The van der Waals surface area contributed by atoms with Gasteiger partial charge in [-0.1, -0.05) is 30.7 Å². The fraction of sp³-hybridized carbons (Fsp3) is 0.263. The molecule has 3 aromatic rings. The van der Waals surface area contributed by atoms with Gasteiger partial charge >= 0.3 is 0 Å². The molecule has 1 aliphatic heterocycles. The van der Waals surface area contributed by atoms with E-state index in [9.17, 15) is 4.79 Å². The number of aryl methyl sites for hydroxylation is 1. The van der Waals surface area contributed by atoms with Crippen LogP contribution in [0, 0.1) is 0 Å². The molecule has 1 amide bonds. The highest BCUT2D eigenvalue weighted by atomic mass is 35.5. The molecule has 1 aliphatic rings. The van der Waals surface area contributed by atoms with Crippen LogP contribution >= 0.6 is 11.6 Å². The number of H-pyrrole nitrogens is 1. The first kappa shape index (κ1) is 16.1. The molecule has 6 heteroatoms. The number of morpholine rings is 1. The van der Waals surface area contributed by atoms with Gasteiger partial charge in [-0.3, -0.25) is 4.79 Å². The van der Waals surface area contributed by atoms with Gasteiger partial charge < -0.3 is 14.6 Å². The maximum atomic E-state index is 12.1. The topological polar surface area (TPSA) is 58.2 Å². The average Bonchev–Trinajstić information content (AvgIpc) is 2.96. The van der Waals surface area contributed by atoms with E-state index in [1.807, 2.05) is 30.5 Å². The van der Waals surface area contributed by atoms with Crippen molar-refractivity contribution in [1.82, 2.24) is 9.97 Å². The summed E-state index contributed by atoms with van der Waals surface area (Å²) >= 11 is 6.26. The highest BCUT2D eigenvalue weighted by molar-refractivity contribution is 6.31. The number of nitrogens with zero attached hydrogens (tertiary/aromatic N) is 2. The molecule has 2 aromatic heterocycles. The first-order valence-electron chi connectivity index (χ1n) is 8.32. The number of aromatic nitrogens is 2. The molecule has 128 valence electrons. The Kier molecular flexibility index (Phi) is 4.19. The van der Waals surface area contributed by atoms with Crippen LogP contribution in [0.5, 0.6) is 0 Å². The van der Waals surface area contributed by atoms with Crippen LogP contribution < -0.4 is 4.90 Å². The molecule has 0 saturated carbocycles. The van der Waals surface area contributed by atoms with Crippen LogP contribution in [0.25, 0.3) is 22.2 Å². The molecule has 0 radical (unpaired) electrons. The number of carbonyl (C=O) groups excluding carboxylic acids is 1. The lowest BCUT2D eigenvalue weighted by Gasteiger charge is -2.27. The number of fused-ring (bicyclic) bond motifs is 1. The van der Waals surface area contributed by atoms with Crippen molar-refractivity contribution < 1.29 is 9.53 Å². The molecule has 0 atom stereocenters. The number of benzene rings is 1. The Morgan fingerprint density at radius 1 is 1.32 bits per heavy atom. The van der Waals surface area contributed by atoms with Crippen LogP contribution in [0.1, 0.15) is 12.5 Å². The zero-order chi connectivity index (χ0) is 17.4. The van der Waals surface area contributed by atoms with E-state index >= 15 is 0 Å². The SMILES string of the molecule is CCc1c(Cl)[nH]c2ncc(-c3cccc(N4CCOCC4=O)c3)cc12. The largest absolute Gasteiger partial charge is 0.370 e. The highest BCUT2D eigenvalue weighted by Crippen LogP contribution is 2.31. The van der Waals surface area contributed by atoms with Crippen molar-refractivity contribution in [2.75, 3.05) is 24.7 Å². The number of rotatable bonds is 3. The van der Waals surface area contributed by atoms with E-state index in [4.69, 9.17) is 16.3 Å². The summed E-state index contributed by atoms with van der Waals surface area (Å²) in [5.74, 6) is -0.0114. The van der Waals surface area contributed by atoms with Crippen LogP contribution in [-0.2, 0) is 16.0 Å². The molecule has 0 unspecified atom stereocenters. The van der Waals surface area contributed by atoms with Gasteiger partial charge in [0.2, 0.25) is 0 Å². The zero-order valence-corrected chi connectivity index (χ0v) is 14.6. The number of amides is 1. The minimum Gasteiger partial charge on any atom is -0.370 e. The second-order valence-corrected chi connectivity index (χ2v) is 6.42. The van der Waals surface area contributed by atoms with Crippen LogP contribution in [0.3, 0.4) is 0 Å². The number of anilines is 1. The third-order valence-electron chi connectivity index (χ3n) is 4.54. The highest BCUT2D eigenvalue weighted by Gasteiger charge is 2.20. The molecule has 1 saturated heterocycles. The van der Waals surface area contributed by atoms with E-state index < -0.39 is 0 Å². The summed E-state index contributed by atoms with van der Waals surface area (Å²) in [6, 6.07) is 10.1. The minimum atomic E-state index is -0.0114. The summed E-state index contributed by atoms with van der Waals surface area (Å²) in [5, 5.41) is 1.69. The third kappa shape index (κ3) is 2.90. The predicted octanol–water partition coefficient (Wildman–Crippen LogP) is 3.81. The van der Waals surface area contributed by atoms with Gasteiger partial charge in [-0.25, -0.2) is 4.98 Å². The molecule has 0 aliphatic carbocycles. The monoisotopic (exact) mass is 355 g/mol. The molecular formula is C19H18ClN3O2. The summed E-state index contributed by atoms with van der Waals surface area (Å²) < 4.78 is 5.21. The molecule has 4 rings (SSSR count). The number of aromatic amines is 1. The van der Waals surface area contributed by atoms with Gasteiger partial charge in [-0.05, 0) is 35.7 Å². The molecule has 1 aromatic carbocycles. The summed E-state index contributed by atoms with van der Waals surface area (Å²) in [7, 11) is 0. The van der Waals surface area contributed by atoms with Gasteiger partial charge in [0.1, 0.15) is 17.4 Å². The van der Waals surface area contributed by atoms with E-state index in [1.54, 1.807) is 4.90 Å². The van der Waals surface area contributed by atoms with E-state index in [0.29, 0.717) is 18.3 Å². The number of hydrogen-bond acceptors (Lipinski definition) is 3. The van der Waals surface area contributed by atoms with Gasteiger partial charge in [0.15, 0.2) is 0 Å². The lowest BCUT2D eigenvalue weighted by atomic mass is 10.0. The maximum Gasteiger partial charge on any atom is 0.253 e. The van der Waals surface area contributed by atoms with Crippen molar-refractivity contribution in [3.8, 4) is 11.1 Å². The smallest absolute Gasteiger partial charge is 0.253 e. The van der Waals surface area contributed by atoms with Crippen molar-refractivity contribution in [3.05, 3.63) is 47.2 Å². The normalized spacial score (nSPS) is 15.1. The number of hydrogen-bond donors (Lipinski definition) is 1. The maximum absolute atomic E-state index is 12.1. The molecule has 1 N–H and O–H groups in total. The molecule has 25 heavy (non-hydrogen) atoms. The Labute approximate surface area is 150 Å². The van der Waals surface area contributed by atoms with Crippen molar-refractivity contribution >= 4 is 34.2 Å². The van der Waals surface area contributed by atoms with Gasteiger partial charge in [-0.2, -0.15) is 0 Å². The molecule has 5 nitrogen and oxygen atoms in total. The Balaban J connectivity index is 1.75. The lowest BCUT2D eigenvalue weighted by Crippen LogP contribution is -2.41. The first-order valence-corrected chi connectivity index (χ1v) is 8.70. The first-order chi connectivity index (χ1) is 12.2. The lowest BCUT2D eigenvalue weighted by molar-refractivity contribution is -0.125. The Morgan fingerprint density at radius 3 is 3.00 bits per heavy atom. The molecule has 1 fully saturated rings. The third-order valence-corrected chi connectivity index (χ3v) is 4.86. The number of halogens is 1. The van der Waals surface area contributed by atoms with Crippen molar-refractivity contribution in [2.24, 2.45) is 0 Å². The van der Waals surface area contributed by atoms with Crippen molar-refractivity contribution in [2.45, 2.75) is 13.3 Å². The number of carbonyl (C=O) groups is 1. The van der Waals surface area contributed by atoms with Gasteiger partial charge in [0.05, 0.1) is 6.61 Å². The summed E-state index contributed by atoms with van der Waals surface area (Å²) in [6.45, 7) is 3.35. The Morgan fingerprint density at radius 2 is 2.20 bits per heavy atom. The number of ether oxygens (including phenoxy) is 1. The van der Waals surface area contributed by atoms with E-state index in [0.717, 1.165) is 39.8 Å². The van der Waals surface area contributed by atoms with Crippen LogP contribution in [0.4, 0.5) is 5.69 Å². The number of nitrogens with one attached hydrogen (secondary N) is 1. The molecular weight excluding hydrogens is 338 g/mol. The standard InChI is InChI=1S/C19H18ClN3O2/c1-2-15-16-9-13(10-21-19(16)22-18(15)20)12-4-3-5-14(8-12)23-6-7-25-11-17(23)24/h3-5,8-10H,2,6-7,11H2,1H3,(H,21,22). The second kappa shape index (κ2) is 6.50. The van der Waals surface area contributed by atoms with Crippen LogP contribution in [0.15, 0.2) is 36.5 Å². The van der Waals surface area contributed by atoms with Crippen molar-refractivity contribution in [3.63, 3.8) is 0 Å². The Hall–Kier alpha value is -2.37. The molecule has 0 bridgehead atoms. The van der Waals surface area contributed by atoms with Gasteiger partial charge in [-0.15, -0.1) is 0 Å². The molecule has 0 spiro atoms. The summed E-state index contributed by atoms with van der Waals surface area (Å²) in [6.07, 6.45) is 2.67. The number of pyridine rings is 1. The van der Waals surface area contributed by atoms with Crippen LogP contribution in [-0.4, -0.2) is 35.6 Å². The van der Waals surface area contributed by atoms with Gasteiger partial charge in [0, 0.05) is 29.4 Å².